The first-order valence-corrected chi connectivity index (χ1v) is 9.28. The van der Waals surface area contributed by atoms with Crippen LogP contribution in [0.3, 0.4) is 0 Å². The number of nitro groups is 1. The second kappa shape index (κ2) is 7.44. The summed E-state index contributed by atoms with van der Waals surface area (Å²) in [5.74, 6) is -1.58. The summed E-state index contributed by atoms with van der Waals surface area (Å²) >= 11 is 0.645. The number of fused-ring (bicyclic) bond motifs is 1. The molecule has 4 rings (SSSR count). The summed E-state index contributed by atoms with van der Waals surface area (Å²) in [4.78, 5) is 59.5. The number of non-ortho nitro benzene ring substituents is 1. The Morgan fingerprint density at radius 1 is 1.07 bits per heavy atom. The van der Waals surface area contributed by atoms with Gasteiger partial charge in [-0.25, -0.2) is 4.90 Å². The fourth-order valence-corrected chi connectivity index (χ4v) is 3.62. The number of thioether (sulfide) groups is 1. The summed E-state index contributed by atoms with van der Waals surface area (Å²) in [5, 5.41) is 12.6. The topological polar surface area (TPSA) is 136 Å². The molecule has 0 unspecified atom stereocenters. The molecule has 10 nitrogen and oxygen atoms in total. The number of hydrogen-bond acceptors (Lipinski definition) is 8. The molecule has 1 N–H and O–H groups in total. The third-order valence-corrected chi connectivity index (χ3v) is 5.17. The van der Waals surface area contributed by atoms with Gasteiger partial charge in [0, 0.05) is 17.7 Å². The van der Waals surface area contributed by atoms with Crippen molar-refractivity contribution in [2.75, 3.05) is 6.73 Å². The van der Waals surface area contributed by atoms with E-state index in [2.05, 4.69) is 5.32 Å². The average Bonchev–Trinajstić information content (AvgIpc) is 3.16. The van der Waals surface area contributed by atoms with Crippen LogP contribution in [0.25, 0.3) is 6.08 Å². The number of carbonyl (C=O) groups is 4. The van der Waals surface area contributed by atoms with Crippen LogP contribution in [0.15, 0.2) is 47.4 Å². The Balaban J connectivity index is 1.62. The minimum atomic E-state index is -0.636. The van der Waals surface area contributed by atoms with E-state index in [1.165, 1.54) is 36.4 Å². The molecule has 0 bridgehead atoms. The molecule has 0 radical (unpaired) electrons. The third kappa shape index (κ3) is 3.42. The van der Waals surface area contributed by atoms with Gasteiger partial charge in [-0.3, -0.25) is 34.6 Å². The molecule has 0 spiro atoms. The Morgan fingerprint density at radius 3 is 2.30 bits per heavy atom. The molecule has 1 saturated heterocycles. The van der Waals surface area contributed by atoms with Crippen LogP contribution < -0.4 is 10.1 Å². The Kier molecular flexibility index (Phi) is 4.80. The van der Waals surface area contributed by atoms with Crippen molar-refractivity contribution >= 4 is 46.5 Å². The maximum atomic E-state index is 12.4. The maximum absolute atomic E-state index is 12.4. The molecule has 0 aromatic heterocycles. The largest absolute Gasteiger partial charge is 0.472 e. The summed E-state index contributed by atoms with van der Waals surface area (Å²) in [6.45, 7) is -0.432. The number of rotatable bonds is 5. The number of imide groups is 2. The molecule has 30 heavy (non-hydrogen) atoms. The van der Waals surface area contributed by atoms with Crippen LogP contribution in [0.2, 0.25) is 0 Å². The van der Waals surface area contributed by atoms with Gasteiger partial charge in [0.05, 0.1) is 21.0 Å². The zero-order valence-electron chi connectivity index (χ0n) is 15.0. The molecule has 4 amide bonds. The predicted molar refractivity (Wildman–Crippen MR) is 105 cm³/mol. The molecule has 0 aliphatic carbocycles. The van der Waals surface area contributed by atoms with Crippen LogP contribution in [-0.2, 0) is 4.79 Å². The number of carbonyl (C=O) groups excluding carboxylic acids is 4. The van der Waals surface area contributed by atoms with Crippen molar-refractivity contribution in [3.63, 3.8) is 0 Å². The van der Waals surface area contributed by atoms with Crippen molar-refractivity contribution in [3.8, 4) is 5.75 Å². The number of ether oxygens (including phenoxy) is 1. The third-order valence-electron chi connectivity index (χ3n) is 4.36. The number of nitrogens with zero attached hydrogens (tertiary/aromatic N) is 2. The monoisotopic (exact) mass is 425 g/mol. The summed E-state index contributed by atoms with van der Waals surface area (Å²) in [7, 11) is 0. The van der Waals surface area contributed by atoms with Crippen LogP contribution in [0.1, 0.15) is 26.3 Å². The number of hydrogen-bond donors (Lipinski definition) is 1. The lowest BCUT2D eigenvalue weighted by Crippen LogP contribution is -2.33. The van der Waals surface area contributed by atoms with Gasteiger partial charge >= 0.3 is 0 Å². The van der Waals surface area contributed by atoms with E-state index in [-0.39, 0.29) is 33.0 Å². The number of amides is 4. The minimum Gasteiger partial charge on any atom is -0.472 e. The fraction of sp³-hybridized carbons (Fsp3) is 0.0526. The predicted octanol–water partition coefficient (Wildman–Crippen LogP) is 2.55. The number of nitrogens with one attached hydrogen (secondary N) is 1. The van der Waals surface area contributed by atoms with E-state index in [9.17, 15) is 29.3 Å². The van der Waals surface area contributed by atoms with Gasteiger partial charge in [-0.05, 0) is 36.0 Å². The Bertz CT molecular complexity index is 1140. The van der Waals surface area contributed by atoms with E-state index in [0.717, 1.165) is 4.90 Å². The quantitative estimate of drug-likeness (QED) is 0.334. The van der Waals surface area contributed by atoms with Crippen LogP contribution in [-0.4, -0.2) is 39.5 Å². The van der Waals surface area contributed by atoms with E-state index in [1.54, 1.807) is 12.1 Å². The number of nitro benzene ring substituents is 1. The minimum absolute atomic E-state index is 0.0334. The molecule has 1 fully saturated rings. The summed E-state index contributed by atoms with van der Waals surface area (Å²) < 4.78 is 5.59. The number of benzene rings is 2. The van der Waals surface area contributed by atoms with E-state index in [0.29, 0.717) is 11.8 Å². The van der Waals surface area contributed by atoms with Crippen LogP contribution in [0.4, 0.5) is 10.5 Å². The Morgan fingerprint density at radius 2 is 1.73 bits per heavy atom. The highest BCUT2D eigenvalue weighted by Crippen LogP contribution is 2.32. The fourth-order valence-electron chi connectivity index (χ4n) is 2.95. The van der Waals surface area contributed by atoms with Crippen LogP contribution in [0.5, 0.6) is 5.75 Å². The SMILES string of the molecule is O=C1NC(=O)/C(=C/c2cc([N+](=O)[O-])ccc2OCN2C(=O)c3ccccc3C2=O)S1. The van der Waals surface area contributed by atoms with Crippen molar-refractivity contribution in [3.05, 3.63) is 74.2 Å². The summed E-state index contributed by atoms with van der Waals surface area (Å²) in [5.41, 5.74) is 0.405. The van der Waals surface area contributed by atoms with Gasteiger partial charge in [-0.15, -0.1) is 0 Å². The molecule has 11 heteroatoms. The second-order valence-electron chi connectivity index (χ2n) is 6.19. The summed E-state index contributed by atoms with van der Waals surface area (Å²) in [6, 6.07) is 9.99. The first-order valence-electron chi connectivity index (χ1n) is 8.46. The molecule has 150 valence electrons. The van der Waals surface area contributed by atoms with Gasteiger partial charge < -0.3 is 4.74 Å². The lowest BCUT2D eigenvalue weighted by Gasteiger charge is -2.16. The van der Waals surface area contributed by atoms with Gasteiger partial charge in [0.2, 0.25) is 0 Å². The molecule has 2 aromatic rings. The van der Waals surface area contributed by atoms with E-state index >= 15 is 0 Å². The van der Waals surface area contributed by atoms with Gasteiger partial charge in [-0.2, -0.15) is 0 Å². The van der Waals surface area contributed by atoms with E-state index in [1.807, 2.05) is 0 Å². The van der Waals surface area contributed by atoms with Gasteiger partial charge in [0.25, 0.3) is 28.6 Å². The molecular formula is C19H11N3O7S. The van der Waals surface area contributed by atoms with Gasteiger partial charge in [0.15, 0.2) is 6.73 Å². The first kappa shape index (κ1) is 19.3. The molecule has 0 saturated carbocycles. The van der Waals surface area contributed by atoms with Crippen LogP contribution >= 0.6 is 11.8 Å². The lowest BCUT2D eigenvalue weighted by atomic mass is 10.1. The Hall–Kier alpha value is -3.99. The first-order chi connectivity index (χ1) is 14.3. The molecule has 2 aromatic carbocycles. The normalized spacial score (nSPS) is 16.8. The summed E-state index contributed by atoms with van der Waals surface area (Å²) in [6.07, 6.45) is 1.27. The van der Waals surface area contributed by atoms with E-state index in [4.69, 9.17) is 4.74 Å². The lowest BCUT2D eigenvalue weighted by molar-refractivity contribution is -0.384. The highest BCUT2D eigenvalue weighted by Gasteiger charge is 2.35. The highest BCUT2D eigenvalue weighted by molar-refractivity contribution is 8.18. The van der Waals surface area contributed by atoms with Crippen molar-refractivity contribution < 1.29 is 28.8 Å². The standard InChI is InChI=1S/C19H11N3O7S/c23-16-15(30-19(26)20-16)8-10-7-11(22(27)28)5-6-14(10)29-9-21-17(24)12-3-1-2-4-13(12)18(21)25/h1-8H,9H2,(H,20,23,26)/b15-8-. The van der Waals surface area contributed by atoms with Crippen molar-refractivity contribution in [2.24, 2.45) is 0 Å². The highest BCUT2D eigenvalue weighted by atomic mass is 32.2. The molecule has 2 heterocycles. The van der Waals surface area contributed by atoms with Crippen molar-refractivity contribution in [1.29, 1.82) is 0 Å². The van der Waals surface area contributed by atoms with Crippen LogP contribution in [0, 0.1) is 10.1 Å². The Labute approximate surface area is 172 Å². The van der Waals surface area contributed by atoms with Crippen molar-refractivity contribution in [1.82, 2.24) is 10.2 Å². The average molecular weight is 425 g/mol. The van der Waals surface area contributed by atoms with Gasteiger partial charge in [0.1, 0.15) is 5.75 Å². The van der Waals surface area contributed by atoms with Crippen molar-refractivity contribution in [2.45, 2.75) is 0 Å². The van der Waals surface area contributed by atoms with E-state index < -0.39 is 34.6 Å². The zero-order valence-corrected chi connectivity index (χ0v) is 15.8. The molecule has 0 atom stereocenters. The molecular weight excluding hydrogens is 414 g/mol. The maximum Gasteiger partial charge on any atom is 0.290 e. The second-order valence-corrected chi connectivity index (χ2v) is 7.20. The molecule has 2 aliphatic heterocycles. The molecule has 2 aliphatic rings. The zero-order chi connectivity index (χ0) is 21.4. The smallest absolute Gasteiger partial charge is 0.290 e. The van der Waals surface area contributed by atoms with Gasteiger partial charge in [-0.1, -0.05) is 12.1 Å².